The molecule has 0 spiro atoms. The van der Waals surface area contributed by atoms with Gasteiger partial charge in [0.25, 0.3) is 0 Å². The molecule has 18 heavy (non-hydrogen) atoms. The maximum Gasteiger partial charge on any atom is 0.401 e. The molecule has 7 heteroatoms. The first-order chi connectivity index (χ1) is 8.28. The summed E-state index contributed by atoms with van der Waals surface area (Å²) in [7, 11) is 0. The van der Waals surface area contributed by atoms with E-state index in [4.69, 9.17) is 4.74 Å². The van der Waals surface area contributed by atoms with E-state index in [2.05, 4.69) is 21.2 Å². The molecule has 2 nitrogen and oxygen atoms in total. The van der Waals surface area contributed by atoms with E-state index in [9.17, 15) is 17.6 Å². The number of ether oxygens (including phenoxy) is 1. The molecule has 1 aromatic rings. The standard InChI is InChI=1S/C11H12BrF4NO/c1-7(5-17-6-11(14,15)16)18-10-4-8(12)2-3-9(10)13/h2-4,7,17H,5-6H2,1H3. The second kappa shape index (κ2) is 6.38. The molecule has 0 amide bonds. The van der Waals surface area contributed by atoms with Gasteiger partial charge < -0.3 is 10.1 Å². The topological polar surface area (TPSA) is 21.3 Å². The molecule has 0 bridgehead atoms. The largest absolute Gasteiger partial charge is 0.486 e. The van der Waals surface area contributed by atoms with Gasteiger partial charge in [-0.1, -0.05) is 15.9 Å². The first-order valence-corrected chi connectivity index (χ1v) is 5.96. The number of nitrogens with one attached hydrogen (secondary N) is 1. The third-order valence-corrected chi connectivity index (χ3v) is 2.47. The highest BCUT2D eigenvalue weighted by Crippen LogP contribution is 2.23. The van der Waals surface area contributed by atoms with Crippen LogP contribution in [0.15, 0.2) is 22.7 Å². The molecule has 0 fully saturated rings. The number of halogens is 5. The molecular weight excluding hydrogens is 318 g/mol. The molecule has 0 saturated carbocycles. The summed E-state index contributed by atoms with van der Waals surface area (Å²) >= 11 is 3.15. The normalized spacial score (nSPS) is 13.4. The lowest BCUT2D eigenvalue weighted by molar-refractivity contribution is -0.125. The monoisotopic (exact) mass is 329 g/mol. The zero-order valence-corrected chi connectivity index (χ0v) is 11.1. The van der Waals surface area contributed by atoms with Crippen LogP contribution in [0.25, 0.3) is 0 Å². The van der Waals surface area contributed by atoms with Crippen LogP contribution in [0.1, 0.15) is 6.92 Å². The van der Waals surface area contributed by atoms with Crippen molar-refractivity contribution in [3.8, 4) is 5.75 Å². The van der Waals surface area contributed by atoms with Gasteiger partial charge in [0.05, 0.1) is 6.54 Å². The highest BCUT2D eigenvalue weighted by atomic mass is 79.9. The second-order valence-corrected chi connectivity index (χ2v) is 4.66. The smallest absolute Gasteiger partial charge is 0.401 e. The van der Waals surface area contributed by atoms with Crippen molar-refractivity contribution in [2.45, 2.75) is 19.2 Å². The Bertz CT molecular complexity index is 397. The summed E-state index contributed by atoms with van der Waals surface area (Å²) in [5.41, 5.74) is 0. The molecule has 1 unspecified atom stereocenters. The van der Waals surface area contributed by atoms with Gasteiger partial charge in [-0.15, -0.1) is 0 Å². The lowest BCUT2D eigenvalue weighted by atomic mass is 10.3. The quantitative estimate of drug-likeness (QED) is 0.835. The van der Waals surface area contributed by atoms with Gasteiger partial charge in [-0.3, -0.25) is 0 Å². The molecule has 0 aromatic heterocycles. The van der Waals surface area contributed by atoms with Crippen LogP contribution in [0, 0.1) is 5.82 Å². The minimum atomic E-state index is -4.26. The van der Waals surface area contributed by atoms with Crippen molar-refractivity contribution in [1.29, 1.82) is 0 Å². The van der Waals surface area contributed by atoms with Gasteiger partial charge in [-0.25, -0.2) is 4.39 Å². The van der Waals surface area contributed by atoms with Crippen LogP contribution in [-0.2, 0) is 0 Å². The zero-order valence-electron chi connectivity index (χ0n) is 9.52. The number of hydrogen-bond donors (Lipinski definition) is 1. The summed E-state index contributed by atoms with van der Waals surface area (Å²) in [6.07, 6.45) is -4.84. The molecule has 102 valence electrons. The molecule has 0 aliphatic rings. The number of alkyl halides is 3. The maximum absolute atomic E-state index is 13.3. The minimum absolute atomic E-state index is 0.00526. The Morgan fingerprint density at radius 2 is 2.06 bits per heavy atom. The Balaban J connectivity index is 2.44. The van der Waals surface area contributed by atoms with E-state index in [1.54, 1.807) is 6.92 Å². The van der Waals surface area contributed by atoms with Gasteiger partial charge in [0.1, 0.15) is 6.10 Å². The molecule has 0 aliphatic heterocycles. The SMILES string of the molecule is CC(CNCC(F)(F)F)Oc1cc(Br)ccc1F. The van der Waals surface area contributed by atoms with E-state index >= 15 is 0 Å². The van der Waals surface area contributed by atoms with Crippen molar-refractivity contribution in [3.63, 3.8) is 0 Å². The van der Waals surface area contributed by atoms with Crippen LogP contribution in [0.3, 0.4) is 0 Å². The number of benzene rings is 1. The average Bonchev–Trinajstić information content (AvgIpc) is 2.21. The summed E-state index contributed by atoms with van der Waals surface area (Å²) < 4.78 is 54.8. The van der Waals surface area contributed by atoms with Crippen molar-refractivity contribution >= 4 is 15.9 Å². The first-order valence-electron chi connectivity index (χ1n) is 5.17. The van der Waals surface area contributed by atoms with Gasteiger partial charge in [-0.2, -0.15) is 13.2 Å². The lowest BCUT2D eigenvalue weighted by Crippen LogP contribution is -2.35. The van der Waals surface area contributed by atoms with Crippen molar-refractivity contribution in [2.24, 2.45) is 0 Å². The van der Waals surface area contributed by atoms with Crippen LogP contribution in [0.4, 0.5) is 17.6 Å². The number of hydrogen-bond acceptors (Lipinski definition) is 2. The lowest BCUT2D eigenvalue weighted by Gasteiger charge is -2.16. The zero-order chi connectivity index (χ0) is 13.8. The minimum Gasteiger partial charge on any atom is -0.486 e. The van der Waals surface area contributed by atoms with Gasteiger partial charge in [0, 0.05) is 11.0 Å². The summed E-state index contributed by atoms with van der Waals surface area (Å²) in [6.45, 7) is 0.441. The fourth-order valence-corrected chi connectivity index (χ4v) is 1.58. The van der Waals surface area contributed by atoms with Crippen molar-refractivity contribution < 1.29 is 22.3 Å². The predicted molar refractivity (Wildman–Crippen MR) is 63.1 cm³/mol. The van der Waals surface area contributed by atoms with E-state index < -0.39 is 24.6 Å². The van der Waals surface area contributed by atoms with Crippen molar-refractivity contribution in [1.82, 2.24) is 5.32 Å². The van der Waals surface area contributed by atoms with Crippen LogP contribution < -0.4 is 10.1 Å². The molecule has 1 atom stereocenters. The van der Waals surface area contributed by atoms with E-state index in [1.165, 1.54) is 18.2 Å². The molecule has 0 aliphatic carbocycles. The van der Waals surface area contributed by atoms with E-state index in [0.29, 0.717) is 4.47 Å². The highest BCUT2D eigenvalue weighted by Gasteiger charge is 2.26. The van der Waals surface area contributed by atoms with Crippen LogP contribution >= 0.6 is 15.9 Å². The fourth-order valence-electron chi connectivity index (χ4n) is 1.24. The highest BCUT2D eigenvalue weighted by molar-refractivity contribution is 9.10. The average molecular weight is 330 g/mol. The Morgan fingerprint density at radius 3 is 2.67 bits per heavy atom. The number of rotatable bonds is 5. The summed E-state index contributed by atoms with van der Waals surface area (Å²) in [5, 5.41) is 2.20. The van der Waals surface area contributed by atoms with E-state index in [1.807, 2.05) is 0 Å². The Kier molecular flexibility index (Phi) is 5.40. The molecule has 0 radical (unpaired) electrons. The molecule has 0 saturated heterocycles. The summed E-state index contributed by atoms with van der Waals surface area (Å²) in [5.74, 6) is -0.549. The molecule has 1 rings (SSSR count). The van der Waals surface area contributed by atoms with Crippen molar-refractivity contribution in [3.05, 3.63) is 28.5 Å². The van der Waals surface area contributed by atoms with Crippen LogP contribution in [0.2, 0.25) is 0 Å². The van der Waals surface area contributed by atoms with Gasteiger partial charge in [0.15, 0.2) is 11.6 Å². The Morgan fingerprint density at radius 1 is 1.39 bits per heavy atom. The second-order valence-electron chi connectivity index (χ2n) is 3.75. The summed E-state index contributed by atoms with van der Waals surface area (Å²) in [4.78, 5) is 0. The molecule has 1 aromatic carbocycles. The molecular formula is C11H12BrF4NO. The first kappa shape index (κ1) is 15.2. The summed E-state index contributed by atoms with van der Waals surface area (Å²) in [6, 6.07) is 4.15. The Hall–Kier alpha value is -0.820. The van der Waals surface area contributed by atoms with Crippen molar-refractivity contribution in [2.75, 3.05) is 13.1 Å². The molecule has 0 heterocycles. The van der Waals surface area contributed by atoms with E-state index in [0.717, 1.165) is 0 Å². The van der Waals surface area contributed by atoms with E-state index in [-0.39, 0.29) is 12.3 Å². The fraction of sp³-hybridized carbons (Fsp3) is 0.455. The van der Waals surface area contributed by atoms with Gasteiger partial charge in [0.2, 0.25) is 0 Å². The molecule has 1 N–H and O–H groups in total. The van der Waals surface area contributed by atoms with Crippen LogP contribution in [0.5, 0.6) is 5.75 Å². The maximum atomic E-state index is 13.3. The predicted octanol–water partition coefficient (Wildman–Crippen LogP) is 3.51. The third-order valence-electron chi connectivity index (χ3n) is 1.98. The van der Waals surface area contributed by atoms with Gasteiger partial charge >= 0.3 is 6.18 Å². The van der Waals surface area contributed by atoms with Crippen LogP contribution in [-0.4, -0.2) is 25.4 Å². The third kappa shape index (κ3) is 5.68. The Labute approximate surface area is 110 Å². The van der Waals surface area contributed by atoms with Gasteiger partial charge in [-0.05, 0) is 25.1 Å².